The largest absolute Gasteiger partial charge is 0.482 e. The molecule has 0 saturated carbocycles. The zero-order valence-corrected chi connectivity index (χ0v) is 10.2. The van der Waals surface area contributed by atoms with Crippen LogP contribution in [0.4, 0.5) is 5.69 Å². The Morgan fingerprint density at radius 1 is 1.44 bits per heavy atom. The molecule has 0 spiro atoms. The second kappa shape index (κ2) is 4.59. The Morgan fingerprint density at radius 3 is 2.94 bits per heavy atom. The summed E-state index contributed by atoms with van der Waals surface area (Å²) in [5, 5.41) is 3.22. The Kier molecular flexibility index (Phi) is 2.93. The van der Waals surface area contributed by atoms with Crippen molar-refractivity contribution >= 4 is 11.6 Å². The Hall–Kier alpha value is -1.59. The fourth-order valence-electron chi connectivity index (χ4n) is 2.31. The maximum atomic E-state index is 12.0. The van der Waals surface area contributed by atoms with Gasteiger partial charge >= 0.3 is 0 Å². The molecule has 0 aliphatic carbocycles. The van der Waals surface area contributed by atoms with Gasteiger partial charge in [0.2, 0.25) is 0 Å². The molecule has 2 aliphatic rings. The van der Waals surface area contributed by atoms with E-state index in [0.717, 1.165) is 36.6 Å². The topological polar surface area (TPSA) is 67.6 Å². The second-order valence-corrected chi connectivity index (χ2v) is 4.82. The Bertz CT molecular complexity index is 471. The third-order valence-electron chi connectivity index (χ3n) is 3.51. The van der Waals surface area contributed by atoms with E-state index in [1.807, 2.05) is 23.1 Å². The maximum absolute atomic E-state index is 12.0. The van der Waals surface area contributed by atoms with Gasteiger partial charge in [0.05, 0.1) is 5.69 Å². The van der Waals surface area contributed by atoms with Crippen molar-refractivity contribution in [1.82, 2.24) is 5.32 Å². The van der Waals surface area contributed by atoms with Crippen molar-refractivity contribution in [2.24, 2.45) is 11.7 Å². The number of hydrogen-bond acceptors (Lipinski definition) is 4. The molecule has 0 atom stereocenters. The summed E-state index contributed by atoms with van der Waals surface area (Å²) in [4.78, 5) is 13.8. The summed E-state index contributed by atoms with van der Waals surface area (Å²) in [5.74, 6) is 1.35. The summed E-state index contributed by atoms with van der Waals surface area (Å²) in [6.07, 6.45) is 0. The predicted molar refractivity (Wildman–Crippen MR) is 68.5 cm³/mol. The van der Waals surface area contributed by atoms with Crippen LogP contribution in [0.25, 0.3) is 0 Å². The van der Waals surface area contributed by atoms with Gasteiger partial charge in [-0.2, -0.15) is 0 Å². The number of nitrogens with two attached hydrogens (primary N) is 1. The van der Waals surface area contributed by atoms with Crippen LogP contribution in [0.2, 0.25) is 0 Å². The average molecular weight is 247 g/mol. The minimum absolute atomic E-state index is 0.0311. The lowest BCUT2D eigenvalue weighted by Gasteiger charge is -2.36. The number of ether oxygens (including phenoxy) is 1. The first-order valence-corrected chi connectivity index (χ1v) is 6.25. The van der Waals surface area contributed by atoms with Crippen LogP contribution in [0, 0.1) is 5.92 Å². The van der Waals surface area contributed by atoms with Gasteiger partial charge in [0.25, 0.3) is 5.91 Å². The average Bonchev–Trinajstić information content (AvgIpc) is 2.35. The molecular weight excluding hydrogens is 230 g/mol. The molecule has 1 saturated heterocycles. The van der Waals surface area contributed by atoms with Crippen LogP contribution in [-0.4, -0.2) is 32.1 Å². The predicted octanol–water partition coefficient (Wildman–Crippen LogP) is 0.0901. The number of anilines is 1. The Labute approximate surface area is 106 Å². The maximum Gasteiger partial charge on any atom is 0.265 e. The monoisotopic (exact) mass is 247 g/mol. The highest BCUT2D eigenvalue weighted by molar-refractivity contribution is 5.98. The van der Waals surface area contributed by atoms with Crippen LogP contribution in [0.15, 0.2) is 18.2 Å². The number of hydrogen-bond donors (Lipinski definition) is 2. The summed E-state index contributed by atoms with van der Waals surface area (Å²) < 4.78 is 5.45. The number of carbonyl (C=O) groups excluding carboxylic acids is 1. The van der Waals surface area contributed by atoms with E-state index in [0.29, 0.717) is 12.5 Å². The van der Waals surface area contributed by atoms with Gasteiger partial charge in [-0.1, -0.05) is 6.07 Å². The molecule has 5 heteroatoms. The summed E-state index contributed by atoms with van der Waals surface area (Å²) >= 11 is 0. The SMILES string of the molecule is NCc1ccc2c(c1)N(CC1CNC1)C(=O)CO2. The first-order valence-electron chi connectivity index (χ1n) is 6.25. The highest BCUT2D eigenvalue weighted by atomic mass is 16.5. The molecule has 0 unspecified atom stereocenters. The number of fused-ring (bicyclic) bond motifs is 1. The van der Waals surface area contributed by atoms with Crippen LogP contribution in [0.3, 0.4) is 0 Å². The highest BCUT2D eigenvalue weighted by Gasteiger charge is 2.29. The molecule has 3 rings (SSSR count). The standard InChI is InChI=1S/C13H17N3O2/c14-4-9-1-2-12-11(3-9)16(13(17)8-18-12)7-10-5-15-6-10/h1-3,10,15H,4-8,14H2. The van der Waals surface area contributed by atoms with Crippen molar-refractivity contribution in [3.8, 4) is 5.75 Å². The molecule has 18 heavy (non-hydrogen) atoms. The molecule has 1 amide bonds. The van der Waals surface area contributed by atoms with Gasteiger partial charge in [0.15, 0.2) is 6.61 Å². The van der Waals surface area contributed by atoms with Crippen molar-refractivity contribution in [2.75, 3.05) is 31.1 Å². The van der Waals surface area contributed by atoms with Crippen LogP contribution >= 0.6 is 0 Å². The number of benzene rings is 1. The number of nitrogens with one attached hydrogen (secondary N) is 1. The molecule has 1 fully saturated rings. The summed E-state index contributed by atoms with van der Waals surface area (Å²) in [6, 6.07) is 5.80. The first kappa shape index (κ1) is 11.5. The second-order valence-electron chi connectivity index (χ2n) is 4.82. The minimum Gasteiger partial charge on any atom is -0.482 e. The summed E-state index contributed by atoms with van der Waals surface area (Å²) in [5.41, 5.74) is 7.53. The van der Waals surface area contributed by atoms with E-state index < -0.39 is 0 Å². The third-order valence-corrected chi connectivity index (χ3v) is 3.51. The molecular formula is C13H17N3O2. The van der Waals surface area contributed by atoms with Crippen molar-refractivity contribution in [2.45, 2.75) is 6.54 Å². The van der Waals surface area contributed by atoms with E-state index in [-0.39, 0.29) is 12.5 Å². The fraction of sp³-hybridized carbons (Fsp3) is 0.462. The fourth-order valence-corrected chi connectivity index (χ4v) is 2.31. The van der Waals surface area contributed by atoms with Gasteiger partial charge in [-0.3, -0.25) is 4.79 Å². The van der Waals surface area contributed by atoms with E-state index in [4.69, 9.17) is 10.5 Å². The summed E-state index contributed by atoms with van der Waals surface area (Å²) in [6.45, 7) is 3.33. The van der Waals surface area contributed by atoms with Gasteiger partial charge in [-0.15, -0.1) is 0 Å². The van der Waals surface area contributed by atoms with Crippen LogP contribution in [-0.2, 0) is 11.3 Å². The number of rotatable bonds is 3. The minimum atomic E-state index is 0.0311. The number of amides is 1. The third kappa shape index (κ3) is 1.95. The van der Waals surface area contributed by atoms with Crippen LogP contribution in [0.1, 0.15) is 5.56 Å². The van der Waals surface area contributed by atoms with Crippen molar-refractivity contribution < 1.29 is 9.53 Å². The van der Waals surface area contributed by atoms with E-state index in [1.165, 1.54) is 0 Å². The summed E-state index contributed by atoms with van der Waals surface area (Å²) in [7, 11) is 0. The van der Waals surface area contributed by atoms with Gasteiger partial charge in [0, 0.05) is 32.1 Å². The van der Waals surface area contributed by atoms with Gasteiger partial charge in [0.1, 0.15) is 5.75 Å². The van der Waals surface area contributed by atoms with Crippen molar-refractivity contribution in [1.29, 1.82) is 0 Å². The molecule has 96 valence electrons. The van der Waals surface area contributed by atoms with Gasteiger partial charge in [-0.25, -0.2) is 0 Å². The van der Waals surface area contributed by atoms with Gasteiger partial charge < -0.3 is 20.7 Å². The Balaban J connectivity index is 1.90. The molecule has 0 aromatic heterocycles. The molecule has 2 aliphatic heterocycles. The zero-order valence-electron chi connectivity index (χ0n) is 10.2. The van der Waals surface area contributed by atoms with E-state index in [1.54, 1.807) is 0 Å². The van der Waals surface area contributed by atoms with Crippen LogP contribution in [0.5, 0.6) is 5.75 Å². The first-order chi connectivity index (χ1) is 8.78. The lowest BCUT2D eigenvalue weighted by molar-refractivity contribution is -0.121. The van der Waals surface area contributed by atoms with Gasteiger partial charge in [-0.05, 0) is 17.7 Å². The number of carbonyl (C=O) groups is 1. The van der Waals surface area contributed by atoms with E-state index >= 15 is 0 Å². The lowest BCUT2D eigenvalue weighted by Crippen LogP contribution is -2.51. The molecule has 2 heterocycles. The smallest absolute Gasteiger partial charge is 0.265 e. The molecule has 0 bridgehead atoms. The normalized spacial score (nSPS) is 19.2. The number of nitrogens with zero attached hydrogens (tertiary/aromatic N) is 1. The van der Waals surface area contributed by atoms with E-state index in [9.17, 15) is 4.79 Å². The molecule has 0 radical (unpaired) electrons. The molecule has 3 N–H and O–H groups in total. The molecule has 5 nitrogen and oxygen atoms in total. The van der Waals surface area contributed by atoms with E-state index in [2.05, 4.69) is 5.32 Å². The molecule has 1 aromatic carbocycles. The highest BCUT2D eigenvalue weighted by Crippen LogP contribution is 2.33. The zero-order chi connectivity index (χ0) is 12.5. The van der Waals surface area contributed by atoms with Crippen molar-refractivity contribution in [3.05, 3.63) is 23.8 Å². The molecule has 1 aromatic rings. The van der Waals surface area contributed by atoms with Crippen LogP contribution < -0.4 is 20.7 Å². The lowest BCUT2D eigenvalue weighted by atomic mass is 10.0. The quantitative estimate of drug-likeness (QED) is 0.794. The van der Waals surface area contributed by atoms with Crippen molar-refractivity contribution in [3.63, 3.8) is 0 Å². The Morgan fingerprint density at radius 2 is 2.28 bits per heavy atom.